The fourth-order valence-electron chi connectivity index (χ4n) is 6.14. The van der Waals surface area contributed by atoms with Crippen LogP contribution in [0.3, 0.4) is 0 Å². The SMILES string of the molecule is c1ccc(-c2cc(-c3ccc(-c4c5ccccc5c(-c5cccnc5)c5ccccc45)cc3)nc(-c3ccccc3)n2)cc1. The minimum atomic E-state index is 0.717. The van der Waals surface area contributed by atoms with Crippen molar-refractivity contribution in [2.24, 2.45) is 0 Å². The second kappa shape index (κ2) is 11.0. The molecule has 8 rings (SSSR count). The smallest absolute Gasteiger partial charge is 0.160 e. The first-order chi connectivity index (χ1) is 21.8. The summed E-state index contributed by atoms with van der Waals surface area (Å²) < 4.78 is 0. The lowest BCUT2D eigenvalue weighted by Crippen LogP contribution is -1.96. The van der Waals surface area contributed by atoms with Gasteiger partial charge in [-0.05, 0) is 50.4 Å². The second-order valence-electron chi connectivity index (χ2n) is 10.9. The highest BCUT2D eigenvalue weighted by atomic mass is 14.9. The number of hydrogen-bond donors (Lipinski definition) is 0. The van der Waals surface area contributed by atoms with Gasteiger partial charge >= 0.3 is 0 Å². The normalized spacial score (nSPS) is 11.2. The van der Waals surface area contributed by atoms with E-state index in [1.54, 1.807) is 0 Å². The summed E-state index contributed by atoms with van der Waals surface area (Å²) in [7, 11) is 0. The summed E-state index contributed by atoms with van der Waals surface area (Å²) in [6, 6.07) is 52.9. The van der Waals surface area contributed by atoms with Crippen molar-refractivity contribution >= 4 is 21.5 Å². The highest BCUT2D eigenvalue weighted by Crippen LogP contribution is 2.43. The van der Waals surface area contributed by atoms with Gasteiger partial charge in [-0.2, -0.15) is 0 Å². The summed E-state index contributed by atoms with van der Waals surface area (Å²) in [5, 5.41) is 4.87. The van der Waals surface area contributed by atoms with Crippen molar-refractivity contribution in [2.45, 2.75) is 0 Å². The maximum atomic E-state index is 5.03. The van der Waals surface area contributed by atoms with Crippen LogP contribution in [0.4, 0.5) is 0 Å². The van der Waals surface area contributed by atoms with Crippen LogP contribution in [0.2, 0.25) is 0 Å². The molecule has 0 amide bonds. The maximum Gasteiger partial charge on any atom is 0.160 e. The van der Waals surface area contributed by atoms with E-state index in [4.69, 9.17) is 9.97 Å². The molecule has 206 valence electrons. The predicted octanol–water partition coefficient (Wildman–Crippen LogP) is 10.5. The van der Waals surface area contributed by atoms with E-state index in [9.17, 15) is 0 Å². The summed E-state index contributed by atoms with van der Waals surface area (Å²) in [5.74, 6) is 0.717. The first-order valence-corrected chi connectivity index (χ1v) is 14.8. The molecule has 0 N–H and O–H groups in total. The Balaban J connectivity index is 1.30. The quantitative estimate of drug-likeness (QED) is 0.196. The van der Waals surface area contributed by atoms with Crippen LogP contribution in [-0.2, 0) is 0 Å². The van der Waals surface area contributed by atoms with Gasteiger partial charge in [0.25, 0.3) is 0 Å². The zero-order valence-corrected chi connectivity index (χ0v) is 23.9. The lowest BCUT2D eigenvalue weighted by atomic mass is 9.86. The van der Waals surface area contributed by atoms with Crippen molar-refractivity contribution in [1.82, 2.24) is 15.0 Å². The number of nitrogens with zero attached hydrogens (tertiary/aromatic N) is 3. The van der Waals surface area contributed by atoms with E-state index in [1.165, 1.54) is 38.2 Å². The van der Waals surface area contributed by atoms with E-state index in [1.807, 2.05) is 54.9 Å². The second-order valence-corrected chi connectivity index (χ2v) is 10.9. The van der Waals surface area contributed by atoms with Crippen molar-refractivity contribution in [1.29, 1.82) is 0 Å². The van der Waals surface area contributed by atoms with E-state index < -0.39 is 0 Å². The first-order valence-electron chi connectivity index (χ1n) is 14.8. The highest BCUT2D eigenvalue weighted by molar-refractivity contribution is 6.21. The van der Waals surface area contributed by atoms with Gasteiger partial charge < -0.3 is 0 Å². The van der Waals surface area contributed by atoms with Crippen LogP contribution in [0.5, 0.6) is 0 Å². The van der Waals surface area contributed by atoms with Gasteiger partial charge in [0, 0.05) is 34.6 Å². The molecule has 0 bridgehead atoms. The molecule has 3 heteroatoms. The predicted molar refractivity (Wildman–Crippen MR) is 182 cm³/mol. The third-order valence-corrected chi connectivity index (χ3v) is 8.18. The Kier molecular flexibility index (Phi) is 6.47. The number of benzene rings is 6. The fourth-order valence-corrected chi connectivity index (χ4v) is 6.14. The Morgan fingerprint density at radius 1 is 0.341 bits per heavy atom. The zero-order chi connectivity index (χ0) is 29.3. The van der Waals surface area contributed by atoms with E-state index in [-0.39, 0.29) is 0 Å². The fraction of sp³-hybridized carbons (Fsp3) is 0. The molecule has 2 heterocycles. The van der Waals surface area contributed by atoms with Gasteiger partial charge in [0.2, 0.25) is 0 Å². The first kappa shape index (κ1) is 25.8. The molecule has 0 aliphatic carbocycles. The summed E-state index contributed by atoms with van der Waals surface area (Å²) in [4.78, 5) is 14.4. The standard InChI is InChI=1S/C41H27N3/c1-3-12-28(13-4-1)37-26-38(44-41(43-37)31-14-5-2-6-15-31)29-21-23-30(24-22-29)39-33-17-7-9-19-35(33)40(32-16-11-25-42-27-32)36-20-10-8-18-34(36)39/h1-27H. The van der Waals surface area contributed by atoms with Crippen LogP contribution in [0, 0.1) is 0 Å². The van der Waals surface area contributed by atoms with Crippen molar-refractivity contribution < 1.29 is 0 Å². The van der Waals surface area contributed by atoms with Crippen LogP contribution in [-0.4, -0.2) is 15.0 Å². The van der Waals surface area contributed by atoms with Gasteiger partial charge in [-0.25, -0.2) is 9.97 Å². The number of pyridine rings is 1. The van der Waals surface area contributed by atoms with E-state index >= 15 is 0 Å². The molecule has 2 aromatic heterocycles. The molecule has 3 nitrogen and oxygen atoms in total. The maximum absolute atomic E-state index is 5.03. The van der Waals surface area contributed by atoms with E-state index in [2.05, 4.69) is 114 Å². The minimum absolute atomic E-state index is 0.717. The Morgan fingerprint density at radius 3 is 1.30 bits per heavy atom. The highest BCUT2D eigenvalue weighted by Gasteiger charge is 2.17. The van der Waals surface area contributed by atoms with Crippen LogP contribution >= 0.6 is 0 Å². The molecule has 0 aliphatic heterocycles. The number of fused-ring (bicyclic) bond motifs is 2. The molecule has 0 fully saturated rings. The lowest BCUT2D eigenvalue weighted by molar-refractivity contribution is 1.18. The molecule has 0 aliphatic rings. The molecule has 0 spiro atoms. The van der Waals surface area contributed by atoms with Gasteiger partial charge in [0.1, 0.15) is 0 Å². The average molecular weight is 562 g/mol. The number of hydrogen-bond acceptors (Lipinski definition) is 3. The number of aromatic nitrogens is 3. The summed E-state index contributed by atoms with van der Waals surface area (Å²) in [6.45, 7) is 0. The van der Waals surface area contributed by atoms with Gasteiger partial charge in [-0.1, -0.05) is 140 Å². The van der Waals surface area contributed by atoms with Crippen molar-refractivity contribution in [3.8, 4) is 56.2 Å². The third kappa shape index (κ3) is 4.61. The average Bonchev–Trinajstić information content (AvgIpc) is 3.11. The van der Waals surface area contributed by atoms with E-state index in [0.717, 1.165) is 33.6 Å². The van der Waals surface area contributed by atoms with Crippen LogP contribution in [0.1, 0.15) is 0 Å². The molecular weight excluding hydrogens is 534 g/mol. The molecule has 0 atom stereocenters. The molecule has 0 saturated heterocycles. The van der Waals surface area contributed by atoms with Crippen LogP contribution in [0.25, 0.3) is 77.7 Å². The Hall–Kier alpha value is -5.93. The number of rotatable bonds is 5. The summed E-state index contributed by atoms with van der Waals surface area (Å²) >= 11 is 0. The molecule has 8 aromatic rings. The van der Waals surface area contributed by atoms with Crippen molar-refractivity contribution in [3.05, 3.63) is 164 Å². The van der Waals surface area contributed by atoms with Gasteiger partial charge in [-0.15, -0.1) is 0 Å². The van der Waals surface area contributed by atoms with Crippen molar-refractivity contribution in [2.75, 3.05) is 0 Å². The summed E-state index contributed by atoms with van der Waals surface area (Å²) in [5.41, 5.74) is 9.64. The molecule has 44 heavy (non-hydrogen) atoms. The zero-order valence-electron chi connectivity index (χ0n) is 23.9. The largest absolute Gasteiger partial charge is 0.264 e. The monoisotopic (exact) mass is 561 g/mol. The Morgan fingerprint density at radius 2 is 0.773 bits per heavy atom. The topological polar surface area (TPSA) is 38.7 Å². The molecule has 0 unspecified atom stereocenters. The van der Waals surface area contributed by atoms with Crippen LogP contribution in [0.15, 0.2) is 164 Å². The van der Waals surface area contributed by atoms with Crippen molar-refractivity contribution in [3.63, 3.8) is 0 Å². The summed E-state index contributed by atoms with van der Waals surface area (Å²) in [6.07, 6.45) is 3.78. The lowest BCUT2D eigenvalue weighted by Gasteiger charge is -2.17. The molecule has 0 radical (unpaired) electrons. The molecule has 6 aromatic carbocycles. The third-order valence-electron chi connectivity index (χ3n) is 8.18. The molecular formula is C41H27N3. The van der Waals surface area contributed by atoms with Crippen LogP contribution < -0.4 is 0 Å². The Labute approximate surface area is 256 Å². The van der Waals surface area contributed by atoms with E-state index in [0.29, 0.717) is 5.82 Å². The molecule has 0 saturated carbocycles. The van der Waals surface area contributed by atoms with Gasteiger partial charge in [-0.3, -0.25) is 4.98 Å². The minimum Gasteiger partial charge on any atom is -0.264 e. The van der Waals surface area contributed by atoms with Gasteiger partial charge in [0.05, 0.1) is 11.4 Å². The Bertz CT molecular complexity index is 2130. The van der Waals surface area contributed by atoms with Gasteiger partial charge in [0.15, 0.2) is 5.82 Å².